The van der Waals surface area contributed by atoms with E-state index in [9.17, 15) is 4.79 Å². The Morgan fingerprint density at radius 3 is 2.48 bits per heavy atom. The number of amides is 1. The van der Waals surface area contributed by atoms with Crippen molar-refractivity contribution in [1.29, 1.82) is 0 Å². The van der Waals surface area contributed by atoms with E-state index in [1.54, 1.807) is 0 Å². The molecule has 0 radical (unpaired) electrons. The van der Waals surface area contributed by atoms with Gasteiger partial charge < -0.3 is 4.74 Å². The van der Waals surface area contributed by atoms with Gasteiger partial charge in [0.05, 0.1) is 14.7 Å². The van der Waals surface area contributed by atoms with Crippen LogP contribution >= 0.6 is 31.9 Å². The summed E-state index contributed by atoms with van der Waals surface area (Å²) in [6.45, 7) is 3.67. The Labute approximate surface area is 164 Å². The number of nitrogens with one attached hydrogen (secondary N) is 1. The Kier molecular flexibility index (Phi) is 7.40. The molecule has 0 saturated carbocycles. The Bertz CT molecular complexity index is 779. The number of nitrogens with zero attached hydrogens (tertiary/aromatic N) is 1. The number of carbonyl (C=O) groups excluding carboxylic acids is 1. The smallest absolute Gasteiger partial charge is 0.277 e. The molecule has 0 aliphatic carbocycles. The number of halogens is 2. The molecule has 2 rings (SSSR count). The molecule has 0 spiro atoms. The van der Waals surface area contributed by atoms with E-state index in [-0.39, 0.29) is 12.5 Å². The predicted molar refractivity (Wildman–Crippen MR) is 109 cm³/mol. The molecule has 1 amide bonds. The Balaban J connectivity index is 1.87. The summed E-state index contributed by atoms with van der Waals surface area (Å²) in [7, 11) is 0. The lowest BCUT2D eigenvalue weighted by atomic mass is 10.2. The van der Waals surface area contributed by atoms with Crippen molar-refractivity contribution in [3.63, 3.8) is 0 Å². The molecule has 0 bridgehead atoms. The average Bonchev–Trinajstić information content (AvgIpc) is 2.58. The third kappa shape index (κ3) is 6.48. The second kappa shape index (κ2) is 9.53. The average molecular weight is 466 g/mol. The Morgan fingerprint density at radius 2 is 1.84 bits per heavy atom. The summed E-state index contributed by atoms with van der Waals surface area (Å²) in [5, 5.41) is 4.04. The van der Waals surface area contributed by atoms with E-state index in [1.165, 1.54) is 0 Å². The Hall–Kier alpha value is -1.92. The third-order valence-electron chi connectivity index (χ3n) is 3.16. The minimum atomic E-state index is -0.327. The molecule has 0 aliphatic heterocycles. The lowest BCUT2D eigenvalue weighted by molar-refractivity contribution is -0.123. The van der Waals surface area contributed by atoms with E-state index in [2.05, 4.69) is 42.4 Å². The quantitative estimate of drug-likeness (QED) is 0.476. The molecule has 0 saturated heterocycles. The summed E-state index contributed by atoms with van der Waals surface area (Å²) in [4.78, 5) is 11.9. The first kappa shape index (κ1) is 19.4. The molecule has 2 aromatic carbocycles. The number of carbonyl (C=O) groups is 1. The summed E-state index contributed by atoms with van der Waals surface area (Å²) in [6.07, 6.45) is 3.77. The van der Waals surface area contributed by atoms with Gasteiger partial charge in [-0.25, -0.2) is 5.43 Å². The van der Waals surface area contributed by atoms with Crippen LogP contribution in [0.4, 0.5) is 0 Å². The van der Waals surface area contributed by atoms with E-state index >= 15 is 0 Å². The van der Waals surface area contributed by atoms with E-state index in [1.807, 2.05) is 68.5 Å². The molecule has 0 atom stereocenters. The summed E-state index contributed by atoms with van der Waals surface area (Å²) in [5.74, 6) is 0.261. The van der Waals surface area contributed by atoms with E-state index < -0.39 is 0 Å². The lowest BCUT2D eigenvalue weighted by Gasteiger charge is -2.10. The van der Waals surface area contributed by atoms with Crippen LogP contribution in [0.2, 0.25) is 0 Å². The summed E-state index contributed by atoms with van der Waals surface area (Å²) < 4.78 is 7.13. The summed E-state index contributed by atoms with van der Waals surface area (Å²) in [5.41, 5.74) is 5.33. The van der Waals surface area contributed by atoms with Crippen LogP contribution in [0.5, 0.6) is 5.75 Å². The molecule has 0 aromatic heterocycles. The van der Waals surface area contributed by atoms with Gasteiger partial charge in [-0.3, -0.25) is 4.79 Å². The van der Waals surface area contributed by atoms with Gasteiger partial charge in [0.1, 0.15) is 5.75 Å². The number of rotatable bonds is 6. The molecule has 0 fully saturated rings. The van der Waals surface area contributed by atoms with Crippen molar-refractivity contribution in [2.45, 2.75) is 13.8 Å². The Morgan fingerprint density at radius 1 is 1.20 bits per heavy atom. The molecule has 2 aromatic rings. The molecule has 1 N–H and O–H groups in total. The fourth-order valence-corrected chi connectivity index (χ4v) is 3.61. The number of hydrogen-bond donors (Lipinski definition) is 1. The van der Waals surface area contributed by atoms with Gasteiger partial charge in [-0.2, -0.15) is 5.10 Å². The van der Waals surface area contributed by atoms with Crippen molar-refractivity contribution in [1.82, 2.24) is 5.43 Å². The predicted octanol–water partition coefficient (Wildman–Crippen LogP) is 5.10. The monoisotopic (exact) mass is 464 g/mol. The molecule has 4 nitrogen and oxygen atoms in total. The van der Waals surface area contributed by atoms with Crippen LogP contribution in [0.15, 0.2) is 62.6 Å². The summed E-state index contributed by atoms with van der Waals surface area (Å²) in [6, 6.07) is 13.7. The number of ether oxygens (including phenoxy) is 1. The van der Waals surface area contributed by atoms with E-state index in [4.69, 9.17) is 4.74 Å². The van der Waals surface area contributed by atoms with Crippen molar-refractivity contribution in [2.24, 2.45) is 5.10 Å². The molecule has 0 unspecified atom stereocenters. The van der Waals surface area contributed by atoms with Crippen molar-refractivity contribution < 1.29 is 9.53 Å². The highest BCUT2D eigenvalue weighted by molar-refractivity contribution is 9.11. The van der Waals surface area contributed by atoms with Gasteiger partial charge in [0, 0.05) is 0 Å². The topological polar surface area (TPSA) is 50.7 Å². The zero-order valence-corrected chi connectivity index (χ0v) is 17.1. The molecular weight excluding hydrogens is 448 g/mol. The largest absolute Gasteiger partial charge is 0.481 e. The van der Waals surface area contributed by atoms with Crippen LogP contribution in [0, 0.1) is 6.92 Å². The first-order valence-corrected chi connectivity index (χ1v) is 9.19. The van der Waals surface area contributed by atoms with Crippen LogP contribution < -0.4 is 10.2 Å². The minimum absolute atomic E-state index is 0.126. The van der Waals surface area contributed by atoms with Crippen molar-refractivity contribution in [2.75, 3.05) is 6.61 Å². The van der Waals surface area contributed by atoms with Crippen molar-refractivity contribution in [3.05, 3.63) is 68.6 Å². The van der Waals surface area contributed by atoms with Gasteiger partial charge in [-0.05, 0) is 75.0 Å². The van der Waals surface area contributed by atoms with Crippen LogP contribution in [0.1, 0.15) is 18.1 Å². The van der Waals surface area contributed by atoms with Crippen LogP contribution in [0.25, 0.3) is 6.08 Å². The standard InChI is InChI=1S/C19H18Br2N2O2/c1-13-10-16(20)19(17(21)11-13)25-12-18(24)23-22-14(2)8-9-15-6-4-3-5-7-15/h3-11H,12H2,1-2H3,(H,23,24)/b9-8-,22-14?. The number of aryl methyl sites for hydroxylation is 1. The number of hydrogen-bond acceptors (Lipinski definition) is 3. The molecule has 0 aliphatic rings. The van der Waals surface area contributed by atoms with Gasteiger partial charge in [-0.1, -0.05) is 36.4 Å². The third-order valence-corrected chi connectivity index (χ3v) is 4.34. The second-order valence-electron chi connectivity index (χ2n) is 5.38. The number of hydrazone groups is 1. The summed E-state index contributed by atoms with van der Waals surface area (Å²) >= 11 is 6.86. The van der Waals surface area contributed by atoms with Gasteiger partial charge in [0.15, 0.2) is 6.61 Å². The SMILES string of the molecule is CC(/C=C\c1ccccc1)=NNC(=O)COc1c(Br)cc(C)cc1Br. The van der Waals surface area contributed by atoms with Gasteiger partial charge in [-0.15, -0.1) is 0 Å². The van der Waals surface area contributed by atoms with Gasteiger partial charge in [0.25, 0.3) is 5.91 Å². The maximum absolute atomic E-state index is 11.9. The molecule has 130 valence electrons. The highest BCUT2D eigenvalue weighted by Gasteiger charge is 2.10. The maximum Gasteiger partial charge on any atom is 0.277 e. The molecule has 6 heteroatoms. The molecular formula is C19H18Br2N2O2. The minimum Gasteiger partial charge on any atom is -0.481 e. The van der Waals surface area contributed by atoms with Gasteiger partial charge >= 0.3 is 0 Å². The fraction of sp³-hybridized carbons (Fsp3) is 0.158. The van der Waals surface area contributed by atoms with E-state index in [0.717, 1.165) is 20.1 Å². The van der Waals surface area contributed by atoms with Gasteiger partial charge in [0.2, 0.25) is 0 Å². The molecule has 0 heterocycles. The van der Waals surface area contributed by atoms with E-state index in [0.29, 0.717) is 11.5 Å². The normalized spacial score (nSPS) is 11.6. The molecule has 25 heavy (non-hydrogen) atoms. The van der Waals surface area contributed by atoms with Crippen molar-refractivity contribution in [3.8, 4) is 5.75 Å². The first-order chi connectivity index (χ1) is 12.0. The second-order valence-corrected chi connectivity index (χ2v) is 7.09. The van der Waals surface area contributed by atoms with Crippen LogP contribution in [0.3, 0.4) is 0 Å². The first-order valence-electron chi connectivity index (χ1n) is 7.60. The van der Waals surface area contributed by atoms with Crippen molar-refractivity contribution >= 4 is 49.6 Å². The highest BCUT2D eigenvalue weighted by atomic mass is 79.9. The van der Waals surface area contributed by atoms with Crippen LogP contribution in [-0.4, -0.2) is 18.2 Å². The highest BCUT2D eigenvalue weighted by Crippen LogP contribution is 2.34. The fourth-order valence-electron chi connectivity index (χ4n) is 1.96. The number of benzene rings is 2. The van der Waals surface area contributed by atoms with Crippen LogP contribution in [-0.2, 0) is 4.79 Å². The lowest BCUT2D eigenvalue weighted by Crippen LogP contribution is -2.25. The zero-order chi connectivity index (χ0) is 18.2. The maximum atomic E-state index is 11.9. The zero-order valence-electron chi connectivity index (χ0n) is 13.9. The number of allylic oxidation sites excluding steroid dienone is 1.